The molecule has 1 aromatic carbocycles. The Balaban J connectivity index is 2.24. The molecule has 3 unspecified atom stereocenters. The highest BCUT2D eigenvalue weighted by molar-refractivity contribution is 6.30. The maximum absolute atomic E-state index is 10.2. The van der Waals surface area contributed by atoms with Crippen LogP contribution in [0, 0.1) is 0 Å². The summed E-state index contributed by atoms with van der Waals surface area (Å²) in [6.07, 6.45) is 2.46. The molecule has 3 atom stereocenters. The van der Waals surface area contributed by atoms with Crippen LogP contribution in [-0.4, -0.2) is 16.8 Å². The first-order valence-corrected chi connectivity index (χ1v) is 6.72. The minimum Gasteiger partial charge on any atom is -0.487 e. The maximum atomic E-state index is 10.2. The molecule has 0 bridgehead atoms. The van der Waals surface area contributed by atoms with Crippen LogP contribution in [0.3, 0.4) is 0 Å². The van der Waals surface area contributed by atoms with E-state index in [0.717, 1.165) is 30.6 Å². The van der Waals surface area contributed by atoms with E-state index in [1.54, 1.807) is 6.07 Å². The van der Waals surface area contributed by atoms with Gasteiger partial charge in [0.2, 0.25) is 0 Å². The molecule has 2 rings (SSSR count). The molecule has 0 heterocycles. The van der Waals surface area contributed by atoms with Gasteiger partial charge in [0.25, 0.3) is 0 Å². The van der Waals surface area contributed by atoms with Crippen molar-refractivity contribution in [3.63, 3.8) is 0 Å². The molecule has 0 spiro atoms. The normalized spacial score (nSPS) is 29.3. The number of hydrogen-bond donors (Lipinski definition) is 2. The second kappa shape index (κ2) is 5.08. The standard InChI is InChI=1S/C14H20ClNO2/c1-9(16)11-8-10(15)5-6-12(11)18-13-4-3-7-14(13,2)17/h5-6,8-9,13,17H,3-4,7,16H2,1-2H3. The molecular weight excluding hydrogens is 250 g/mol. The van der Waals surface area contributed by atoms with E-state index < -0.39 is 5.60 Å². The minimum atomic E-state index is -0.755. The number of aliphatic hydroxyl groups is 1. The highest BCUT2D eigenvalue weighted by Gasteiger charge is 2.38. The molecule has 1 aliphatic rings. The minimum absolute atomic E-state index is 0.148. The summed E-state index contributed by atoms with van der Waals surface area (Å²) in [4.78, 5) is 0. The first-order valence-electron chi connectivity index (χ1n) is 6.34. The van der Waals surface area contributed by atoms with Crippen LogP contribution in [0.15, 0.2) is 18.2 Å². The lowest BCUT2D eigenvalue weighted by Gasteiger charge is -2.27. The first kappa shape index (κ1) is 13.7. The molecule has 4 heteroatoms. The van der Waals surface area contributed by atoms with Gasteiger partial charge in [0, 0.05) is 16.6 Å². The third kappa shape index (κ3) is 2.79. The fraction of sp³-hybridized carbons (Fsp3) is 0.571. The van der Waals surface area contributed by atoms with Gasteiger partial charge in [0.05, 0.1) is 5.60 Å². The summed E-state index contributed by atoms with van der Waals surface area (Å²) in [7, 11) is 0. The number of benzene rings is 1. The molecule has 3 nitrogen and oxygen atoms in total. The Morgan fingerprint density at radius 2 is 2.28 bits per heavy atom. The van der Waals surface area contributed by atoms with E-state index in [-0.39, 0.29) is 12.1 Å². The zero-order chi connectivity index (χ0) is 13.3. The molecule has 0 saturated heterocycles. The van der Waals surface area contributed by atoms with Crippen molar-refractivity contribution in [3.05, 3.63) is 28.8 Å². The second-order valence-corrected chi connectivity index (χ2v) is 5.76. The van der Waals surface area contributed by atoms with E-state index in [9.17, 15) is 5.11 Å². The summed E-state index contributed by atoms with van der Waals surface area (Å²) in [6, 6.07) is 5.29. The summed E-state index contributed by atoms with van der Waals surface area (Å²) in [6.45, 7) is 3.72. The van der Waals surface area contributed by atoms with E-state index in [4.69, 9.17) is 22.1 Å². The fourth-order valence-electron chi connectivity index (χ4n) is 2.44. The Bertz CT molecular complexity index is 432. The van der Waals surface area contributed by atoms with Gasteiger partial charge in [-0.05, 0) is 51.3 Å². The van der Waals surface area contributed by atoms with Gasteiger partial charge in [0.15, 0.2) is 0 Å². The van der Waals surface area contributed by atoms with Crippen molar-refractivity contribution in [2.75, 3.05) is 0 Å². The van der Waals surface area contributed by atoms with Crippen molar-refractivity contribution in [1.29, 1.82) is 0 Å². The quantitative estimate of drug-likeness (QED) is 0.887. The molecule has 0 amide bonds. The van der Waals surface area contributed by atoms with Gasteiger partial charge in [-0.15, -0.1) is 0 Å². The smallest absolute Gasteiger partial charge is 0.127 e. The third-order valence-electron chi connectivity index (χ3n) is 3.57. The molecule has 18 heavy (non-hydrogen) atoms. The van der Waals surface area contributed by atoms with Crippen LogP contribution in [-0.2, 0) is 0 Å². The lowest BCUT2D eigenvalue weighted by atomic mass is 10.0. The number of nitrogens with two attached hydrogens (primary N) is 1. The van der Waals surface area contributed by atoms with Crippen molar-refractivity contribution >= 4 is 11.6 Å². The average molecular weight is 270 g/mol. The van der Waals surface area contributed by atoms with E-state index in [2.05, 4.69) is 0 Å². The number of hydrogen-bond acceptors (Lipinski definition) is 3. The lowest BCUT2D eigenvalue weighted by Crippen LogP contribution is -2.38. The van der Waals surface area contributed by atoms with Gasteiger partial charge in [-0.1, -0.05) is 11.6 Å². The summed E-state index contributed by atoms with van der Waals surface area (Å²) in [5.74, 6) is 0.724. The Labute approximate surface area is 113 Å². The monoisotopic (exact) mass is 269 g/mol. The second-order valence-electron chi connectivity index (χ2n) is 5.33. The topological polar surface area (TPSA) is 55.5 Å². The molecule has 0 radical (unpaired) electrons. The predicted molar refractivity (Wildman–Crippen MR) is 72.9 cm³/mol. The predicted octanol–water partition coefficient (Wildman–Crippen LogP) is 3.04. The number of ether oxygens (including phenoxy) is 1. The Kier molecular flexibility index (Phi) is 3.85. The first-order chi connectivity index (χ1) is 8.40. The molecule has 3 N–H and O–H groups in total. The lowest BCUT2D eigenvalue weighted by molar-refractivity contribution is -0.0256. The highest BCUT2D eigenvalue weighted by Crippen LogP contribution is 2.35. The van der Waals surface area contributed by atoms with Crippen molar-refractivity contribution in [1.82, 2.24) is 0 Å². The summed E-state index contributed by atoms with van der Waals surface area (Å²) >= 11 is 5.97. The zero-order valence-corrected chi connectivity index (χ0v) is 11.6. The highest BCUT2D eigenvalue weighted by atomic mass is 35.5. The van der Waals surface area contributed by atoms with Gasteiger partial charge in [-0.2, -0.15) is 0 Å². The van der Waals surface area contributed by atoms with Crippen molar-refractivity contribution in [3.8, 4) is 5.75 Å². The van der Waals surface area contributed by atoms with Crippen LogP contribution in [0.2, 0.25) is 5.02 Å². The number of halogens is 1. The van der Waals surface area contributed by atoms with E-state index in [1.165, 1.54) is 0 Å². The molecule has 0 aromatic heterocycles. The van der Waals surface area contributed by atoms with Crippen LogP contribution in [0.5, 0.6) is 5.75 Å². The third-order valence-corrected chi connectivity index (χ3v) is 3.81. The van der Waals surface area contributed by atoms with Crippen molar-refractivity contribution in [2.24, 2.45) is 5.73 Å². The fourth-order valence-corrected chi connectivity index (χ4v) is 2.62. The Morgan fingerprint density at radius 1 is 1.56 bits per heavy atom. The van der Waals surface area contributed by atoms with Gasteiger partial charge in [-0.25, -0.2) is 0 Å². The van der Waals surface area contributed by atoms with Crippen LogP contribution >= 0.6 is 11.6 Å². The van der Waals surface area contributed by atoms with Gasteiger partial charge < -0.3 is 15.6 Å². The molecule has 1 fully saturated rings. The summed E-state index contributed by atoms with van der Waals surface area (Å²) in [5.41, 5.74) is 6.05. The summed E-state index contributed by atoms with van der Waals surface area (Å²) in [5, 5.41) is 10.9. The zero-order valence-electron chi connectivity index (χ0n) is 10.8. The molecule has 1 aliphatic carbocycles. The Morgan fingerprint density at radius 3 is 2.83 bits per heavy atom. The molecule has 100 valence electrons. The average Bonchev–Trinajstić information content (AvgIpc) is 2.60. The van der Waals surface area contributed by atoms with Crippen LogP contribution in [0.4, 0.5) is 0 Å². The van der Waals surface area contributed by atoms with Gasteiger partial charge in [-0.3, -0.25) is 0 Å². The van der Waals surface area contributed by atoms with Gasteiger partial charge in [0.1, 0.15) is 11.9 Å². The van der Waals surface area contributed by atoms with Crippen LogP contribution < -0.4 is 10.5 Å². The van der Waals surface area contributed by atoms with E-state index in [1.807, 2.05) is 26.0 Å². The van der Waals surface area contributed by atoms with Crippen molar-refractivity contribution < 1.29 is 9.84 Å². The van der Waals surface area contributed by atoms with E-state index >= 15 is 0 Å². The number of rotatable bonds is 3. The maximum Gasteiger partial charge on any atom is 0.127 e. The molecular formula is C14H20ClNO2. The van der Waals surface area contributed by atoms with Crippen molar-refractivity contribution in [2.45, 2.75) is 50.9 Å². The Hall–Kier alpha value is -0.770. The van der Waals surface area contributed by atoms with Gasteiger partial charge >= 0.3 is 0 Å². The SMILES string of the molecule is CC(N)c1cc(Cl)ccc1OC1CCCC1(C)O. The van der Waals surface area contributed by atoms with Crippen LogP contribution in [0.1, 0.15) is 44.7 Å². The molecule has 1 saturated carbocycles. The molecule has 1 aromatic rings. The van der Waals surface area contributed by atoms with E-state index in [0.29, 0.717) is 5.02 Å². The van der Waals surface area contributed by atoms with Crippen LogP contribution in [0.25, 0.3) is 0 Å². The molecule has 0 aliphatic heterocycles. The largest absolute Gasteiger partial charge is 0.487 e. The summed E-state index contributed by atoms with van der Waals surface area (Å²) < 4.78 is 5.95.